The summed E-state index contributed by atoms with van der Waals surface area (Å²) in [5.74, 6) is -0.674. The number of hydrogen-bond donors (Lipinski definition) is 1. The van der Waals surface area contributed by atoms with Crippen LogP contribution in [0.2, 0.25) is 0 Å². The van der Waals surface area contributed by atoms with Crippen LogP contribution >= 0.6 is 0 Å². The van der Waals surface area contributed by atoms with Crippen LogP contribution in [0.15, 0.2) is 24.8 Å². The molecular formula is C10H12N6O3. The molecule has 1 amide bonds. The first-order valence-electron chi connectivity index (χ1n) is 5.40. The van der Waals surface area contributed by atoms with Gasteiger partial charge in [-0.25, -0.2) is 4.68 Å². The molecule has 0 aliphatic carbocycles. The summed E-state index contributed by atoms with van der Waals surface area (Å²) in [5, 5.41) is 13.8. The second kappa shape index (κ2) is 5.76. The molecule has 0 spiro atoms. The molecule has 9 heteroatoms. The lowest BCUT2D eigenvalue weighted by atomic mass is 10.5. The number of methoxy groups -OCH3 is 1. The molecule has 0 saturated carbocycles. The summed E-state index contributed by atoms with van der Waals surface area (Å²) in [6, 6.07) is 0. The Morgan fingerprint density at radius 2 is 2.21 bits per heavy atom. The molecule has 2 heterocycles. The van der Waals surface area contributed by atoms with Gasteiger partial charge in [0.15, 0.2) is 0 Å². The molecule has 2 aromatic rings. The van der Waals surface area contributed by atoms with E-state index in [0.29, 0.717) is 5.69 Å². The molecule has 0 atom stereocenters. The highest BCUT2D eigenvalue weighted by atomic mass is 16.5. The van der Waals surface area contributed by atoms with Crippen molar-refractivity contribution in [3.63, 3.8) is 0 Å². The quantitative estimate of drug-likeness (QED) is 0.715. The molecule has 0 unspecified atom stereocenters. The number of rotatable bonds is 5. The first-order valence-corrected chi connectivity index (χ1v) is 5.40. The molecule has 0 bridgehead atoms. The van der Waals surface area contributed by atoms with Crippen molar-refractivity contribution in [2.75, 3.05) is 12.4 Å². The minimum atomic E-state index is -0.413. The minimum absolute atomic E-state index is 0.00452. The normalized spacial score (nSPS) is 10.2. The van der Waals surface area contributed by atoms with Crippen LogP contribution in [0.25, 0.3) is 0 Å². The molecule has 100 valence electrons. The SMILES string of the molecule is COC(=O)Cn1cc(NC(=O)Cn2ccnn2)cn1. The number of nitrogens with zero attached hydrogens (tertiary/aromatic N) is 5. The fraction of sp³-hybridized carbons (Fsp3) is 0.300. The van der Waals surface area contributed by atoms with Crippen molar-refractivity contribution < 1.29 is 14.3 Å². The van der Waals surface area contributed by atoms with Crippen LogP contribution in [-0.2, 0) is 27.4 Å². The molecule has 9 nitrogen and oxygen atoms in total. The molecule has 0 radical (unpaired) electrons. The number of aromatic nitrogens is 5. The zero-order valence-electron chi connectivity index (χ0n) is 10.2. The molecule has 1 N–H and O–H groups in total. The van der Waals surface area contributed by atoms with E-state index in [1.54, 1.807) is 6.20 Å². The van der Waals surface area contributed by atoms with Gasteiger partial charge in [-0.3, -0.25) is 14.3 Å². The zero-order chi connectivity index (χ0) is 13.7. The number of hydrogen-bond acceptors (Lipinski definition) is 6. The highest BCUT2D eigenvalue weighted by Crippen LogP contribution is 2.05. The Labute approximate surface area is 108 Å². The molecule has 0 aromatic carbocycles. The summed E-state index contributed by atoms with van der Waals surface area (Å²) >= 11 is 0. The van der Waals surface area contributed by atoms with Crippen molar-refractivity contribution in [3.8, 4) is 0 Å². The largest absolute Gasteiger partial charge is 0.468 e. The first-order chi connectivity index (χ1) is 9.17. The number of anilines is 1. The van der Waals surface area contributed by atoms with Gasteiger partial charge in [-0.1, -0.05) is 5.21 Å². The van der Waals surface area contributed by atoms with Gasteiger partial charge in [-0.2, -0.15) is 5.10 Å². The van der Waals surface area contributed by atoms with Gasteiger partial charge in [0.2, 0.25) is 5.91 Å². The van der Waals surface area contributed by atoms with E-state index in [9.17, 15) is 9.59 Å². The Morgan fingerprint density at radius 3 is 2.89 bits per heavy atom. The molecule has 2 aromatic heterocycles. The van der Waals surface area contributed by atoms with Gasteiger partial charge < -0.3 is 10.1 Å². The maximum Gasteiger partial charge on any atom is 0.327 e. The Balaban J connectivity index is 1.89. The molecule has 19 heavy (non-hydrogen) atoms. The molecular weight excluding hydrogens is 252 g/mol. The van der Waals surface area contributed by atoms with Gasteiger partial charge in [-0.05, 0) is 0 Å². The molecule has 0 fully saturated rings. The lowest BCUT2D eigenvalue weighted by Crippen LogP contribution is -2.19. The van der Waals surface area contributed by atoms with Gasteiger partial charge in [0.1, 0.15) is 13.1 Å². The van der Waals surface area contributed by atoms with Crippen LogP contribution in [0.1, 0.15) is 0 Å². The monoisotopic (exact) mass is 264 g/mol. The lowest BCUT2D eigenvalue weighted by molar-refractivity contribution is -0.141. The lowest BCUT2D eigenvalue weighted by Gasteiger charge is -2.01. The summed E-state index contributed by atoms with van der Waals surface area (Å²) in [4.78, 5) is 22.7. The number of esters is 1. The van der Waals surface area contributed by atoms with E-state index in [4.69, 9.17) is 0 Å². The van der Waals surface area contributed by atoms with Crippen LogP contribution < -0.4 is 5.32 Å². The van der Waals surface area contributed by atoms with Crippen LogP contribution in [-0.4, -0.2) is 43.8 Å². The molecule has 0 aliphatic rings. The van der Waals surface area contributed by atoms with Gasteiger partial charge in [-0.15, -0.1) is 5.10 Å². The van der Waals surface area contributed by atoms with Crippen molar-refractivity contribution in [3.05, 3.63) is 24.8 Å². The Bertz CT molecular complexity index is 562. The standard InChI is InChI=1S/C10H12N6O3/c1-19-10(18)7-16-5-8(4-12-16)13-9(17)6-15-3-2-11-14-15/h2-5H,6-7H2,1H3,(H,13,17). The van der Waals surface area contributed by atoms with Crippen LogP contribution in [0, 0.1) is 0 Å². The highest BCUT2D eigenvalue weighted by Gasteiger charge is 2.08. The fourth-order valence-electron chi connectivity index (χ4n) is 1.38. The van der Waals surface area contributed by atoms with Gasteiger partial charge in [0.05, 0.1) is 25.2 Å². The van der Waals surface area contributed by atoms with E-state index in [1.807, 2.05) is 0 Å². The minimum Gasteiger partial charge on any atom is -0.468 e. The molecule has 2 rings (SSSR count). The number of amides is 1. The maximum atomic E-state index is 11.6. The highest BCUT2D eigenvalue weighted by molar-refractivity contribution is 5.90. The van der Waals surface area contributed by atoms with Crippen LogP contribution in [0.4, 0.5) is 5.69 Å². The molecule has 0 aliphatic heterocycles. The van der Waals surface area contributed by atoms with Crippen molar-refractivity contribution in [2.45, 2.75) is 13.1 Å². The average molecular weight is 264 g/mol. The number of carbonyl (C=O) groups is 2. The summed E-state index contributed by atoms with van der Waals surface area (Å²) in [7, 11) is 1.30. The van der Waals surface area contributed by atoms with E-state index >= 15 is 0 Å². The third-order valence-electron chi connectivity index (χ3n) is 2.21. The van der Waals surface area contributed by atoms with Crippen LogP contribution in [0.5, 0.6) is 0 Å². The fourth-order valence-corrected chi connectivity index (χ4v) is 1.38. The smallest absolute Gasteiger partial charge is 0.327 e. The summed E-state index contributed by atoms with van der Waals surface area (Å²) < 4.78 is 7.28. The second-order valence-electron chi connectivity index (χ2n) is 3.65. The van der Waals surface area contributed by atoms with E-state index < -0.39 is 5.97 Å². The van der Waals surface area contributed by atoms with Gasteiger partial charge in [0.25, 0.3) is 0 Å². The Hall–Kier alpha value is -2.71. The summed E-state index contributed by atoms with van der Waals surface area (Å²) in [5.41, 5.74) is 0.494. The molecule has 0 saturated heterocycles. The summed E-state index contributed by atoms with van der Waals surface area (Å²) in [6.07, 6.45) is 6.06. The third kappa shape index (κ3) is 3.63. The van der Waals surface area contributed by atoms with Crippen molar-refractivity contribution in [1.82, 2.24) is 24.8 Å². The van der Waals surface area contributed by atoms with E-state index in [2.05, 4.69) is 25.5 Å². The average Bonchev–Trinajstić information content (AvgIpc) is 3.01. The Morgan fingerprint density at radius 1 is 1.37 bits per heavy atom. The van der Waals surface area contributed by atoms with E-state index in [1.165, 1.54) is 35.1 Å². The van der Waals surface area contributed by atoms with Crippen molar-refractivity contribution in [1.29, 1.82) is 0 Å². The van der Waals surface area contributed by atoms with Gasteiger partial charge in [0, 0.05) is 12.4 Å². The van der Waals surface area contributed by atoms with E-state index in [0.717, 1.165) is 0 Å². The zero-order valence-corrected chi connectivity index (χ0v) is 10.2. The topological polar surface area (TPSA) is 104 Å². The van der Waals surface area contributed by atoms with Crippen LogP contribution in [0.3, 0.4) is 0 Å². The van der Waals surface area contributed by atoms with E-state index in [-0.39, 0.29) is 19.0 Å². The van der Waals surface area contributed by atoms with Gasteiger partial charge >= 0.3 is 5.97 Å². The number of carbonyl (C=O) groups excluding carboxylic acids is 2. The Kier molecular flexibility index (Phi) is 3.86. The second-order valence-corrected chi connectivity index (χ2v) is 3.65. The maximum absolute atomic E-state index is 11.6. The predicted octanol–water partition coefficient (Wildman–Crippen LogP) is -0.714. The van der Waals surface area contributed by atoms with Crippen molar-refractivity contribution in [2.24, 2.45) is 0 Å². The predicted molar refractivity (Wildman–Crippen MR) is 62.9 cm³/mol. The number of ether oxygens (including phenoxy) is 1. The first kappa shape index (κ1) is 12.7. The summed E-state index contributed by atoms with van der Waals surface area (Å²) in [6.45, 7) is 0.0532. The van der Waals surface area contributed by atoms with Crippen molar-refractivity contribution >= 4 is 17.6 Å². The number of nitrogens with one attached hydrogen (secondary N) is 1. The third-order valence-corrected chi connectivity index (χ3v) is 2.21.